The Morgan fingerprint density at radius 2 is 1.77 bits per heavy atom. The van der Waals surface area contributed by atoms with Crippen LogP contribution in [0.15, 0.2) is 61.1 Å². The summed E-state index contributed by atoms with van der Waals surface area (Å²) >= 11 is 0. The molecular formula is C24H26N6O. The van der Waals surface area contributed by atoms with Gasteiger partial charge in [0.05, 0.1) is 17.9 Å². The molecule has 0 aliphatic heterocycles. The zero-order valence-corrected chi connectivity index (χ0v) is 18.2. The molecule has 2 heterocycles. The number of aromatic nitrogens is 5. The number of benzene rings is 2. The first-order valence-corrected chi connectivity index (χ1v) is 10.4. The number of nitrogens with zero attached hydrogens (tertiary/aromatic N) is 5. The molecule has 0 aliphatic rings. The first kappa shape index (κ1) is 20.5. The van der Waals surface area contributed by atoms with Crippen LogP contribution in [0.25, 0.3) is 17.1 Å². The highest BCUT2D eigenvalue weighted by Gasteiger charge is 2.17. The highest BCUT2D eigenvalue weighted by atomic mass is 16.1. The Morgan fingerprint density at radius 3 is 2.45 bits per heavy atom. The van der Waals surface area contributed by atoms with E-state index in [1.54, 1.807) is 6.33 Å². The quantitative estimate of drug-likeness (QED) is 0.511. The van der Waals surface area contributed by atoms with Gasteiger partial charge in [-0.05, 0) is 52.0 Å². The second-order valence-electron chi connectivity index (χ2n) is 7.65. The fraction of sp³-hybridized carbons (Fsp3) is 0.250. The Balaban J connectivity index is 1.48. The normalized spacial score (nSPS) is 12.0. The smallest absolute Gasteiger partial charge is 0.251 e. The summed E-state index contributed by atoms with van der Waals surface area (Å²) in [5.41, 5.74) is 5.73. The van der Waals surface area contributed by atoms with Crippen LogP contribution in [0, 0.1) is 13.8 Å². The van der Waals surface area contributed by atoms with Crippen LogP contribution in [0.4, 0.5) is 0 Å². The van der Waals surface area contributed by atoms with Gasteiger partial charge < -0.3 is 9.88 Å². The van der Waals surface area contributed by atoms with E-state index in [0.29, 0.717) is 5.56 Å². The molecule has 1 N–H and O–H groups in total. The second-order valence-corrected chi connectivity index (χ2v) is 7.65. The van der Waals surface area contributed by atoms with E-state index in [9.17, 15) is 4.79 Å². The van der Waals surface area contributed by atoms with Gasteiger partial charge in [-0.3, -0.25) is 4.79 Å². The molecule has 1 atom stereocenters. The first-order valence-electron chi connectivity index (χ1n) is 10.4. The molecule has 4 aromatic rings. The van der Waals surface area contributed by atoms with Crippen LogP contribution in [0.1, 0.15) is 47.1 Å². The number of rotatable bonds is 6. The van der Waals surface area contributed by atoms with Crippen LogP contribution in [0.5, 0.6) is 0 Å². The van der Waals surface area contributed by atoms with Gasteiger partial charge >= 0.3 is 0 Å². The Morgan fingerprint density at radius 1 is 1.06 bits per heavy atom. The lowest BCUT2D eigenvalue weighted by Crippen LogP contribution is -2.26. The number of carbonyl (C=O) groups excluding carboxylic acids is 1. The standard InChI is InChI=1S/C24H26N6O/c1-5-29-15-25-28-23(29)19-8-10-20(11-9-19)24(31)27-17(3)22-14-26-30(18(22)4)21-12-6-16(2)7-13-21/h6-15,17H,5H2,1-4H3,(H,27,31)/t17-/m0/s1. The SMILES string of the molecule is CCn1cnnc1-c1ccc(C(=O)N[C@@H](C)c2cnn(-c3ccc(C)cc3)c2C)cc1. The number of hydrogen-bond donors (Lipinski definition) is 1. The zero-order valence-electron chi connectivity index (χ0n) is 18.2. The zero-order chi connectivity index (χ0) is 22.0. The van der Waals surface area contributed by atoms with Crippen molar-refractivity contribution in [3.05, 3.63) is 83.4 Å². The maximum atomic E-state index is 12.8. The summed E-state index contributed by atoms with van der Waals surface area (Å²) in [6.07, 6.45) is 3.53. The van der Waals surface area contributed by atoms with Crippen molar-refractivity contribution in [2.24, 2.45) is 0 Å². The lowest BCUT2D eigenvalue weighted by atomic mass is 10.1. The molecular weight excluding hydrogens is 388 g/mol. The van der Waals surface area contributed by atoms with Crippen LogP contribution < -0.4 is 5.32 Å². The molecule has 0 spiro atoms. The van der Waals surface area contributed by atoms with E-state index < -0.39 is 0 Å². The van der Waals surface area contributed by atoms with E-state index >= 15 is 0 Å². The largest absolute Gasteiger partial charge is 0.345 e. The van der Waals surface area contributed by atoms with Gasteiger partial charge in [0.15, 0.2) is 5.82 Å². The van der Waals surface area contributed by atoms with Crippen molar-refractivity contribution in [1.29, 1.82) is 0 Å². The number of amides is 1. The molecule has 31 heavy (non-hydrogen) atoms. The molecule has 4 rings (SSSR count). The number of nitrogens with one attached hydrogen (secondary N) is 1. The molecule has 0 aliphatic carbocycles. The number of hydrogen-bond acceptors (Lipinski definition) is 4. The summed E-state index contributed by atoms with van der Waals surface area (Å²) in [4.78, 5) is 12.8. The Kier molecular flexibility index (Phi) is 5.66. The van der Waals surface area contributed by atoms with E-state index in [1.165, 1.54) is 5.56 Å². The van der Waals surface area contributed by atoms with Gasteiger partial charge in [-0.1, -0.05) is 29.8 Å². The van der Waals surface area contributed by atoms with Crippen molar-refractivity contribution in [3.63, 3.8) is 0 Å². The molecule has 158 valence electrons. The first-order chi connectivity index (χ1) is 15.0. The van der Waals surface area contributed by atoms with Gasteiger partial charge in [-0.15, -0.1) is 10.2 Å². The highest BCUT2D eigenvalue weighted by molar-refractivity contribution is 5.94. The van der Waals surface area contributed by atoms with Crippen molar-refractivity contribution in [2.75, 3.05) is 0 Å². The van der Waals surface area contributed by atoms with E-state index in [2.05, 4.69) is 39.7 Å². The molecule has 2 aromatic heterocycles. The maximum Gasteiger partial charge on any atom is 0.251 e. The third kappa shape index (κ3) is 4.12. The fourth-order valence-electron chi connectivity index (χ4n) is 3.63. The Labute approximate surface area is 181 Å². The van der Waals surface area contributed by atoms with Crippen LogP contribution >= 0.6 is 0 Å². The van der Waals surface area contributed by atoms with Crippen molar-refractivity contribution in [1.82, 2.24) is 29.9 Å². The van der Waals surface area contributed by atoms with Crippen LogP contribution in [0.2, 0.25) is 0 Å². The minimum Gasteiger partial charge on any atom is -0.345 e. The topological polar surface area (TPSA) is 77.6 Å². The lowest BCUT2D eigenvalue weighted by Gasteiger charge is -2.14. The van der Waals surface area contributed by atoms with E-state index in [1.807, 2.05) is 72.6 Å². The lowest BCUT2D eigenvalue weighted by molar-refractivity contribution is 0.0940. The molecule has 7 nitrogen and oxygen atoms in total. The minimum absolute atomic E-state index is 0.126. The van der Waals surface area contributed by atoms with E-state index in [4.69, 9.17) is 0 Å². The van der Waals surface area contributed by atoms with Crippen molar-refractivity contribution >= 4 is 5.91 Å². The summed E-state index contributed by atoms with van der Waals surface area (Å²) < 4.78 is 3.86. The monoisotopic (exact) mass is 414 g/mol. The molecule has 0 bridgehead atoms. The second kappa shape index (κ2) is 8.55. The minimum atomic E-state index is -0.172. The summed E-state index contributed by atoms with van der Waals surface area (Å²) in [7, 11) is 0. The van der Waals surface area contributed by atoms with Gasteiger partial charge in [-0.2, -0.15) is 5.10 Å². The molecule has 7 heteroatoms. The molecule has 0 radical (unpaired) electrons. The number of aryl methyl sites for hydroxylation is 2. The molecule has 1 amide bonds. The summed E-state index contributed by atoms with van der Waals surface area (Å²) in [6, 6.07) is 15.5. The number of carbonyl (C=O) groups is 1. The van der Waals surface area contributed by atoms with E-state index in [-0.39, 0.29) is 11.9 Å². The van der Waals surface area contributed by atoms with Gasteiger partial charge in [0, 0.05) is 28.9 Å². The molecule has 2 aromatic carbocycles. The maximum absolute atomic E-state index is 12.8. The van der Waals surface area contributed by atoms with Gasteiger partial charge in [-0.25, -0.2) is 4.68 Å². The molecule has 0 unspecified atom stereocenters. The van der Waals surface area contributed by atoms with Gasteiger partial charge in [0.2, 0.25) is 0 Å². The summed E-state index contributed by atoms with van der Waals surface area (Å²) in [5, 5.41) is 15.7. The van der Waals surface area contributed by atoms with E-state index in [0.717, 1.165) is 34.9 Å². The highest BCUT2D eigenvalue weighted by Crippen LogP contribution is 2.22. The van der Waals surface area contributed by atoms with Gasteiger partial charge in [0.1, 0.15) is 6.33 Å². The average molecular weight is 415 g/mol. The summed E-state index contributed by atoms with van der Waals surface area (Å²) in [6.45, 7) is 8.88. The van der Waals surface area contributed by atoms with Crippen LogP contribution in [-0.2, 0) is 6.54 Å². The predicted molar refractivity (Wildman–Crippen MR) is 120 cm³/mol. The molecule has 0 saturated heterocycles. The molecule has 0 fully saturated rings. The Hall–Kier alpha value is -3.74. The Bertz CT molecular complexity index is 1190. The van der Waals surface area contributed by atoms with Gasteiger partial charge in [0.25, 0.3) is 5.91 Å². The fourth-order valence-corrected chi connectivity index (χ4v) is 3.63. The van der Waals surface area contributed by atoms with Crippen molar-refractivity contribution in [2.45, 2.75) is 40.3 Å². The van der Waals surface area contributed by atoms with Crippen molar-refractivity contribution < 1.29 is 4.79 Å². The van der Waals surface area contributed by atoms with Crippen LogP contribution in [0.3, 0.4) is 0 Å². The van der Waals surface area contributed by atoms with Crippen molar-refractivity contribution in [3.8, 4) is 17.1 Å². The third-order valence-electron chi connectivity index (χ3n) is 5.50. The average Bonchev–Trinajstić information content (AvgIpc) is 3.41. The molecule has 0 saturated carbocycles. The predicted octanol–water partition coefficient (Wildman–Crippen LogP) is 4.26. The third-order valence-corrected chi connectivity index (χ3v) is 5.50. The van der Waals surface area contributed by atoms with Crippen LogP contribution in [-0.4, -0.2) is 30.5 Å². The summed E-state index contributed by atoms with van der Waals surface area (Å²) in [5.74, 6) is 0.667.